The molecule has 0 unspecified atom stereocenters. The van der Waals surface area contributed by atoms with E-state index < -0.39 is 4.92 Å². The van der Waals surface area contributed by atoms with E-state index in [-0.39, 0.29) is 17.3 Å². The second kappa shape index (κ2) is 6.01. The van der Waals surface area contributed by atoms with Crippen molar-refractivity contribution < 1.29 is 9.66 Å². The Balaban J connectivity index is 2.58. The monoisotopic (exact) mass is 290 g/mol. The second-order valence-electron chi connectivity index (χ2n) is 4.03. The summed E-state index contributed by atoms with van der Waals surface area (Å²) in [5, 5.41) is 11.3. The minimum atomic E-state index is -0.587. The average Bonchev–Trinajstić information content (AvgIpc) is 2.53. The SMILES string of the molecule is COc1ccccc1N(C)c1ncnc(NN)c1[N+](=O)[O-]. The number of hydrogen-bond donors (Lipinski definition) is 2. The lowest BCUT2D eigenvalue weighted by Gasteiger charge is -2.20. The molecule has 3 N–H and O–H groups in total. The van der Waals surface area contributed by atoms with Gasteiger partial charge in [0.05, 0.1) is 17.7 Å². The van der Waals surface area contributed by atoms with Gasteiger partial charge in [0.2, 0.25) is 11.6 Å². The van der Waals surface area contributed by atoms with Gasteiger partial charge in [0, 0.05) is 7.05 Å². The van der Waals surface area contributed by atoms with E-state index in [4.69, 9.17) is 10.6 Å². The number of methoxy groups -OCH3 is 1. The van der Waals surface area contributed by atoms with Crippen molar-refractivity contribution in [1.29, 1.82) is 0 Å². The van der Waals surface area contributed by atoms with Crippen LogP contribution in [0, 0.1) is 10.1 Å². The number of nitro groups is 1. The van der Waals surface area contributed by atoms with Gasteiger partial charge >= 0.3 is 5.69 Å². The lowest BCUT2D eigenvalue weighted by atomic mass is 10.2. The molecule has 2 aromatic rings. The van der Waals surface area contributed by atoms with Crippen LogP contribution in [0.4, 0.5) is 23.0 Å². The molecule has 2 rings (SSSR count). The van der Waals surface area contributed by atoms with E-state index in [1.807, 2.05) is 0 Å². The van der Waals surface area contributed by atoms with E-state index in [0.717, 1.165) is 0 Å². The normalized spacial score (nSPS) is 10.0. The second-order valence-corrected chi connectivity index (χ2v) is 4.03. The maximum Gasteiger partial charge on any atom is 0.355 e. The summed E-state index contributed by atoms with van der Waals surface area (Å²) >= 11 is 0. The Labute approximate surface area is 120 Å². The van der Waals surface area contributed by atoms with Gasteiger partial charge in [-0.25, -0.2) is 15.8 Å². The number of nitrogens with one attached hydrogen (secondary N) is 1. The molecule has 0 bridgehead atoms. The standard InChI is InChI=1S/C12H14N6O3/c1-17(8-5-3-4-6-9(8)21-2)12-10(18(19)20)11(16-13)14-7-15-12/h3-7H,13H2,1-2H3,(H,14,15,16). The topological polar surface area (TPSA) is 119 Å². The highest BCUT2D eigenvalue weighted by Crippen LogP contribution is 2.37. The molecule has 9 heteroatoms. The molecule has 1 aromatic carbocycles. The molecule has 0 aliphatic rings. The molecular formula is C12H14N6O3. The number of rotatable bonds is 5. The molecule has 9 nitrogen and oxygen atoms in total. The van der Waals surface area contributed by atoms with Crippen LogP contribution in [0.15, 0.2) is 30.6 Å². The van der Waals surface area contributed by atoms with E-state index >= 15 is 0 Å². The van der Waals surface area contributed by atoms with E-state index in [1.54, 1.807) is 36.2 Å². The third-order valence-corrected chi connectivity index (χ3v) is 2.89. The van der Waals surface area contributed by atoms with Crippen LogP contribution in [0.5, 0.6) is 5.75 Å². The summed E-state index contributed by atoms with van der Waals surface area (Å²) in [7, 11) is 3.17. The third kappa shape index (κ3) is 2.67. The number of nitrogens with two attached hydrogens (primary N) is 1. The van der Waals surface area contributed by atoms with Gasteiger partial charge in [0.15, 0.2) is 0 Å². The van der Waals surface area contributed by atoms with E-state index in [0.29, 0.717) is 11.4 Å². The summed E-state index contributed by atoms with van der Waals surface area (Å²) in [6, 6.07) is 7.11. The average molecular weight is 290 g/mol. The molecule has 1 aromatic heterocycles. The fourth-order valence-electron chi connectivity index (χ4n) is 1.91. The number of benzene rings is 1. The number of hydrazine groups is 1. The van der Waals surface area contributed by atoms with Crippen molar-refractivity contribution in [3.8, 4) is 5.75 Å². The van der Waals surface area contributed by atoms with Gasteiger partial charge in [-0.1, -0.05) is 12.1 Å². The van der Waals surface area contributed by atoms with Crippen LogP contribution >= 0.6 is 0 Å². The smallest absolute Gasteiger partial charge is 0.355 e. The van der Waals surface area contributed by atoms with Crippen LogP contribution in [-0.2, 0) is 0 Å². The van der Waals surface area contributed by atoms with E-state index in [2.05, 4.69) is 15.4 Å². The van der Waals surface area contributed by atoms with Crippen molar-refractivity contribution in [2.24, 2.45) is 5.84 Å². The van der Waals surface area contributed by atoms with Gasteiger partial charge < -0.3 is 15.1 Å². The maximum absolute atomic E-state index is 11.3. The largest absolute Gasteiger partial charge is 0.495 e. The third-order valence-electron chi connectivity index (χ3n) is 2.89. The molecule has 0 atom stereocenters. The number of para-hydroxylation sites is 2. The summed E-state index contributed by atoms with van der Waals surface area (Å²) in [5.74, 6) is 5.87. The Kier molecular flexibility index (Phi) is 4.14. The molecule has 0 saturated carbocycles. The predicted molar refractivity (Wildman–Crippen MR) is 77.6 cm³/mol. The van der Waals surface area contributed by atoms with Crippen molar-refractivity contribution >= 4 is 23.0 Å². The number of ether oxygens (including phenoxy) is 1. The molecule has 0 amide bonds. The molecule has 110 valence electrons. The fourth-order valence-corrected chi connectivity index (χ4v) is 1.91. The minimum Gasteiger partial charge on any atom is -0.495 e. The first kappa shape index (κ1) is 14.5. The van der Waals surface area contributed by atoms with E-state index in [1.165, 1.54) is 13.4 Å². The Morgan fingerprint density at radius 2 is 2.10 bits per heavy atom. The molecule has 0 fully saturated rings. The summed E-state index contributed by atoms with van der Waals surface area (Å²) in [6.07, 6.45) is 1.20. The van der Waals surface area contributed by atoms with Crippen molar-refractivity contribution in [2.75, 3.05) is 24.5 Å². The quantitative estimate of drug-likeness (QED) is 0.482. The number of hydrogen-bond acceptors (Lipinski definition) is 8. The highest BCUT2D eigenvalue weighted by atomic mass is 16.6. The number of anilines is 3. The van der Waals surface area contributed by atoms with Crippen molar-refractivity contribution in [3.05, 3.63) is 40.7 Å². The van der Waals surface area contributed by atoms with Crippen LogP contribution in [-0.4, -0.2) is 29.0 Å². The van der Waals surface area contributed by atoms with Crippen LogP contribution in [0.1, 0.15) is 0 Å². The molecule has 0 saturated heterocycles. The maximum atomic E-state index is 11.3. The number of nitrogen functional groups attached to an aromatic ring is 1. The molecular weight excluding hydrogens is 276 g/mol. The summed E-state index contributed by atoms with van der Waals surface area (Å²) in [4.78, 5) is 20.0. The number of aromatic nitrogens is 2. The van der Waals surface area contributed by atoms with Crippen LogP contribution in [0.2, 0.25) is 0 Å². The van der Waals surface area contributed by atoms with Crippen LogP contribution in [0.3, 0.4) is 0 Å². The molecule has 21 heavy (non-hydrogen) atoms. The Morgan fingerprint density at radius 1 is 1.38 bits per heavy atom. The van der Waals surface area contributed by atoms with Crippen molar-refractivity contribution in [1.82, 2.24) is 9.97 Å². The number of nitrogens with zero attached hydrogens (tertiary/aromatic N) is 4. The highest BCUT2D eigenvalue weighted by Gasteiger charge is 2.26. The zero-order valence-electron chi connectivity index (χ0n) is 11.5. The van der Waals surface area contributed by atoms with Gasteiger partial charge in [-0.2, -0.15) is 0 Å². The van der Waals surface area contributed by atoms with Crippen molar-refractivity contribution in [3.63, 3.8) is 0 Å². The lowest BCUT2D eigenvalue weighted by Crippen LogP contribution is -2.18. The van der Waals surface area contributed by atoms with Gasteiger partial charge in [-0.05, 0) is 12.1 Å². The Hall–Kier alpha value is -2.94. The molecule has 0 spiro atoms. The predicted octanol–water partition coefficient (Wildman–Crippen LogP) is 1.45. The first-order chi connectivity index (χ1) is 10.1. The summed E-state index contributed by atoms with van der Waals surface area (Å²) < 4.78 is 5.25. The van der Waals surface area contributed by atoms with Gasteiger partial charge in [0.1, 0.15) is 12.1 Å². The zero-order valence-corrected chi connectivity index (χ0v) is 11.5. The van der Waals surface area contributed by atoms with E-state index in [9.17, 15) is 10.1 Å². The van der Waals surface area contributed by atoms with Crippen LogP contribution in [0.25, 0.3) is 0 Å². The fraction of sp³-hybridized carbons (Fsp3) is 0.167. The first-order valence-electron chi connectivity index (χ1n) is 5.93. The molecule has 1 heterocycles. The molecule has 0 aliphatic carbocycles. The zero-order chi connectivity index (χ0) is 15.4. The first-order valence-corrected chi connectivity index (χ1v) is 5.93. The van der Waals surface area contributed by atoms with Gasteiger partial charge in [-0.15, -0.1) is 0 Å². The summed E-state index contributed by atoms with van der Waals surface area (Å²) in [5.41, 5.74) is 2.52. The van der Waals surface area contributed by atoms with Crippen LogP contribution < -0.4 is 20.9 Å². The minimum absolute atomic E-state index is 0.0632. The Bertz CT molecular complexity index is 663. The van der Waals surface area contributed by atoms with Gasteiger partial charge in [0.25, 0.3) is 0 Å². The van der Waals surface area contributed by atoms with Crippen molar-refractivity contribution in [2.45, 2.75) is 0 Å². The van der Waals surface area contributed by atoms with Gasteiger partial charge in [-0.3, -0.25) is 10.1 Å². The lowest BCUT2D eigenvalue weighted by molar-refractivity contribution is -0.383. The molecule has 0 aliphatic heterocycles. The Morgan fingerprint density at radius 3 is 2.71 bits per heavy atom. The summed E-state index contributed by atoms with van der Waals surface area (Å²) in [6.45, 7) is 0. The highest BCUT2D eigenvalue weighted by molar-refractivity contribution is 5.77. The molecule has 0 radical (unpaired) electrons.